The molecule has 0 N–H and O–H groups in total. The molecule has 0 aliphatic carbocycles. The fraction of sp³-hybridized carbons (Fsp3) is 0. The van der Waals surface area contributed by atoms with Gasteiger partial charge in [0.05, 0.1) is 5.69 Å². The highest BCUT2D eigenvalue weighted by Crippen LogP contribution is 2.24. The molecule has 0 aliphatic heterocycles. The third kappa shape index (κ3) is 2.43. The molecule has 0 aliphatic rings. The molecule has 1 aromatic heterocycles. The van der Waals surface area contributed by atoms with Crippen molar-refractivity contribution in [3.05, 3.63) is 78.5 Å². The summed E-state index contributed by atoms with van der Waals surface area (Å²) in [7, 11) is 0. The molecule has 20 heavy (non-hydrogen) atoms. The number of benzene rings is 2. The normalized spacial score (nSPS) is 10.5. The van der Waals surface area contributed by atoms with Gasteiger partial charge in [-0.3, -0.25) is 4.98 Å². The summed E-state index contributed by atoms with van der Waals surface area (Å²) in [5.74, 6) is -1.20. The van der Waals surface area contributed by atoms with Gasteiger partial charge >= 0.3 is 0 Å². The number of hydrogen-bond donors (Lipinski definition) is 0. The molecule has 0 saturated carbocycles. The van der Waals surface area contributed by atoms with Crippen molar-refractivity contribution in [1.29, 1.82) is 0 Å². The second-order valence-corrected chi connectivity index (χ2v) is 4.42. The van der Waals surface area contributed by atoms with Gasteiger partial charge in [-0.25, -0.2) is 8.78 Å². The molecule has 0 amide bonds. The first kappa shape index (κ1) is 12.5. The molecule has 0 radical (unpaired) electrons. The van der Waals surface area contributed by atoms with E-state index in [-0.39, 0.29) is 0 Å². The quantitative estimate of drug-likeness (QED) is 0.656. The van der Waals surface area contributed by atoms with Crippen molar-refractivity contribution < 1.29 is 8.78 Å². The van der Waals surface area contributed by atoms with E-state index in [4.69, 9.17) is 0 Å². The number of rotatable bonds is 2. The van der Waals surface area contributed by atoms with Crippen LogP contribution in [0.4, 0.5) is 8.78 Å². The van der Waals surface area contributed by atoms with Gasteiger partial charge in [-0.05, 0) is 23.8 Å². The maximum atomic E-state index is 13.7. The average Bonchev–Trinajstić information content (AvgIpc) is 2.48. The van der Waals surface area contributed by atoms with Crippen LogP contribution in [0.3, 0.4) is 0 Å². The third-order valence-corrected chi connectivity index (χ3v) is 3.08. The van der Waals surface area contributed by atoms with E-state index < -0.39 is 11.6 Å². The second kappa shape index (κ2) is 5.21. The highest BCUT2D eigenvalue weighted by atomic mass is 19.1. The first-order valence-electron chi connectivity index (χ1n) is 6.21. The van der Waals surface area contributed by atoms with Crippen molar-refractivity contribution in [1.82, 2.24) is 4.98 Å². The van der Waals surface area contributed by atoms with Crippen LogP contribution in [0.5, 0.6) is 0 Å². The fourth-order valence-electron chi connectivity index (χ4n) is 2.05. The summed E-state index contributed by atoms with van der Waals surface area (Å²) in [5.41, 5.74) is 2.79. The van der Waals surface area contributed by atoms with Crippen molar-refractivity contribution in [2.75, 3.05) is 0 Å². The van der Waals surface area contributed by atoms with Gasteiger partial charge in [0, 0.05) is 23.4 Å². The number of halogens is 2. The Morgan fingerprint density at radius 3 is 2.20 bits per heavy atom. The van der Waals surface area contributed by atoms with Crippen LogP contribution in [-0.4, -0.2) is 4.98 Å². The first-order chi connectivity index (χ1) is 9.74. The van der Waals surface area contributed by atoms with Crippen molar-refractivity contribution in [3.8, 4) is 22.4 Å². The highest BCUT2D eigenvalue weighted by Gasteiger charge is 2.07. The predicted molar refractivity (Wildman–Crippen MR) is 75.0 cm³/mol. The predicted octanol–water partition coefficient (Wildman–Crippen LogP) is 4.69. The SMILES string of the molecule is Fc1ccc(-c2ccc(-c3ccccc3)cn2)c(F)c1. The molecule has 98 valence electrons. The van der Waals surface area contributed by atoms with E-state index in [1.807, 2.05) is 36.4 Å². The summed E-state index contributed by atoms with van der Waals surface area (Å²) in [4.78, 5) is 4.25. The van der Waals surface area contributed by atoms with E-state index in [2.05, 4.69) is 4.98 Å². The summed E-state index contributed by atoms with van der Waals surface area (Å²) < 4.78 is 26.6. The molecule has 0 saturated heterocycles. The molecule has 0 atom stereocenters. The van der Waals surface area contributed by atoms with Gasteiger partial charge in [0.2, 0.25) is 0 Å². The lowest BCUT2D eigenvalue weighted by molar-refractivity contribution is 0.585. The molecule has 0 spiro atoms. The monoisotopic (exact) mass is 267 g/mol. The first-order valence-corrected chi connectivity index (χ1v) is 6.21. The van der Waals surface area contributed by atoms with Gasteiger partial charge < -0.3 is 0 Å². The van der Waals surface area contributed by atoms with Gasteiger partial charge in [-0.2, -0.15) is 0 Å². The van der Waals surface area contributed by atoms with Gasteiger partial charge in [0.15, 0.2) is 0 Å². The standard InChI is InChI=1S/C17H11F2N/c18-14-7-8-15(16(19)10-14)17-9-6-13(11-20-17)12-4-2-1-3-5-12/h1-11H. The van der Waals surface area contributed by atoms with Crippen LogP contribution < -0.4 is 0 Å². The lowest BCUT2D eigenvalue weighted by atomic mass is 10.1. The van der Waals surface area contributed by atoms with Gasteiger partial charge in [0.25, 0.3) is 0 Å². The highest BCUT2D eigenvalue weighted by molar-refractivity contribution is 5.66. The molecule has 1 heterocycles. The van der Waals surface area contributed by atoms with Crippen LogP contribution in [0.25, 0.3) is 22.4 Å². The van der Waals surface area contributed by atoms with Crippen LogP contribution >= 0.6 is 0 Å². The van der Waals surface area contributed by atoms with Crippen LogP contribution in [-0.2, 0) is 0 Å². The van der Waals surface area contributed by atoms with E-state index in [9.17, 15) is 8.78 Å². The smallest absolute Gasteiger partial charge is 0.135 e. The lowest BCUT2D eigenvalue weighted by Crippen LogP contribution is -1.89. The van der Waals surface area contributed by atoms with E-state index >= 15 is 0 Å². The van der Waals surface area contributed by atoms with Crippen molar-refractivity contribution in [2.45, 2.75) is 0 Å². The van der Waals surface area contributed by atoms with Gasteiger partial charge in [0.1, 0.15) is 11.6 Å². The Morgan fingerprint density at radius 2 is 1.55 bits per heavy atom. The van der Waals surface area contributed by atoms with Crippen molar-refractivity contribution in [3.63, 3.8) is 0 Å². The zero-order chi connectivity index (χ0) is 13.9. The minimum atomic E-state index is -0.607. The summed E-state index contributed by atoms with van der Waals surface area (Å²) in [6.07, 6.45) is 1.69. The van der Waals surface area contributed by atoms with Crippen LogP contribution in [0.2, 0.25) is 0 Å². The number of hydrogen-bond acceptors (Lipinski definition) is 1. The average molecular weight is 267 g/mol. The third-order valence-electron chi connectivity index (χ3n) is 3.08. The molecule has 0 fully saturated rings. The fourth-order valence-corrected chi connectivity index (χ4v) is 2.05. The molecule has 3 rings (SSSR count). The largest absolute Gasteiger partial charge is 0.256 e. The Hall–Kier alpha value is -2.55. The molecular formula is C17H11F2N. The maximum absolute atomic E-state index is 13.7. The Bertz CT molecular complexity index is 722. The minimum Gasteiger partial charge on any atom is -0.256 e. The van der Waals surface area contributed by atoms with E-state index in [0.717, 1.165) is 17.2 Å². The second-order valence-electron chi connectivity index (χ2n) is 4.42. The van der Waals surface area contributed by atoms with Gasteiger partial charge in [-0.15, -0.1) is 0 Å². The summed E-state index contributed by atoms with van der Waals surface area (Å²) in [5, 5.41) is 0. The Labute approximate surface area is 115 Å². The van der Waals surface area contributed by atoms with Crippen LogP contribution in [0.15, 0.2) is 66.9 Å². The van der Waals surface area contributed by atoms with E-state index in [1.165, 1.54) is 12.1 Å². The number of aromatic nitrogens is 1. The van der Waals surface area contributed by atoms with Crippen LogP contribution in [0, 0.1) is 11.6 Å². The van der Waals surface area contributed by atoms with Crippen molar-refractivity contribution >= 4 is 0 Å². The molecular weight excluding hydrogens is 256 g/mol. The number of nitrogens with zero attached hydrogens (tertiary/aromatic N) is 1. The summed E-state index contributed by atoms with van der Waals surface area (Å²) in [6, 6.07) is 16.9. The minimum absolute atomic E-state index is 0.297. The number of pyridine rings is 1. The molecule has 1 nitrogen and oxygen atoms in total. The molecule has 3 heteroatoms. The zero-order valence-electron chi connectivity index (χ0n) is 10.6. The van der Waals surface area contributed by atoms with Crippen molar-refractivity contribution in [2.24, 2.45) is 0 Å². The summed E-state index contributed by atoms with van der Waals surface area (Å²) >= 11 is 0. The molecule has 3 aromatic rings. The topological polar surface area (TPSA) is 12.9 Å². The Kier molecular flexibility index (Phi) is 3.25. The molecule has 0 bridgehead atoms. The summed E-state index contributed by atoms with van der Waals surface area (Å²) in [6.45, 7) is 0. The van der Waals surface area contributed by atoms with E-state index in [1.54, 1.807) is 12.3 Å². The van der Waals surface area contributed by atoms with E-state index in [0.29, 0.717) is 11.3 Å². The van der Waals surface area contributed by atoms with Gasteiger partial charge in [-0.1, -0.05) is 36.4 Å². The molecule has 0 unspecified atom stereocenters. The lowest BCUT2D eigenvalue weighted by Gasteiger charge is -2.05. The molecule has 2 aromatic carbocycles. The maximum Gasteiger partial charge on any atom is 0.135 e. The van der Waals surface area contributed by atoms with Crippen LogP contribution in [0.1, 0.15) is 0 Å². The Morgan fingerprint density at radius 1 is 0.750 bits per heavy atom. The Balaban J connectivity index is 1.97. The zero-order valence-corrected chi connectivity index (χ0v) is 10.6.